The van der Waals surface area contributed by atoms with Crippen molar-refractivity contribution >= 4 is 23.0 Å². The zero-order valence-corrected chi connectivity index (χ0v) is 19.6. The molecule has 0 atom stereocenters. The molecule has 0 aliphatic heterocycles. The number of benzene rings is 4. The van der Waals surface area contributed by atoms with E-state index in [9.17, 15) is 4.79 Å². The van der Waals surface area contributed by atoms with Gasteiger partial charge in [0.1, 0.15) is 0 Å². The van der Waals surface area contributed by atoms with Crippen molar-refractivity contribution in [3.05, 3.63) is 114 Å². The van der Waals surface area contributed by atoms with Gasteiger partial charge in [-0.15, -0.1) is 0 Å². The molecule has 1 aliphatic carbocycles. The van der Waals surface area contributed by atoms with Crippen molar-refractivity contribution in [3.8, 4) is 11.1 Å². The van der Waals surface area contributed by atoms with Gasteiger partial charge in [-0.2, -0.15) is 0 Å². The number of fused-ring (bicyclic) bond motifs is 3. The van der Waals surface area contributed by atoms with Gasteiger partial charge in [0.2, 0.25) is 0 Å². The van der Waals surface area contributed by atoms with E-state index in [0.29, 0.717) is 5.56 Å². The number of nitrogens with zero attached hydrogens (tertiary/aromatic N) is 1. The number of para-hydroxylation sites is 2. The highest BCUT2D eigenvalue weighted by Crippen LogP contribution is 2.54. The van der Waals surface area contributed by atoms with Gasteiger partial charge in [0.15, 0.2) is 0 Å². The van der Waals surface area contributed by atoms with Gasteiger partial charge in [0, 0.05) is 28.0 Å². The summed E-state index contributed by atoms with van der Waals surface area (Å²) in [6.45, 7) is 4.47. The smallest absolute Gasteiger partial charge is 0.265 e. The lowest BCUT2D eigenvalue weighted by atomic mass is 9.73. The largest absolute Gasteiger partial charge is 0.310 e. The van der Waals surface area contributed by atoms with Crippen molar-refractivity contribution in [3.63, 3.8) is 0 Å². The highest BCUT2D eigenvalue weighted by Gasteiger charge is 2.41. The molecule has 0 saturated heterocycles. The van der Waals surface area contributed by atoms with Crippen LogP contribution in [0.2, 0.25) is 0 Å². The molecule has 0 aromatic heterocycles. The summed E-state index contributed by atoms with van der Waals surface area (Å²) < 4.78 is 0. The van der Waals surface area contributed by atoms with E-state index in [1.807, 2.05) is 24.3 Å². The molecule has 170 valence electrons. The van der Waals surface area contributed by atoms with Gasteiger partial charge in [-0.1, -0.05) is 62.4 Å². The average molecular weight is 448 g/mol. The number of amides is 1. The summed E-state index contributed by atoms with van der Waals surface area (Å²) in [6.07, 6.45) is 1.88. The minimum atomic E-state index is -0.264. The Morgan fingerprint density at radius 3 is 1.79 bits per heavy atom. The van der Waals surface area contributed by atoms with Crippen molar-refractivity contribution in [2.75, 3.05) is 4.90 Å². The van der Waals surface area contributed by atoms with Crippen LogP contribution in [0.4, 0.5) is 17.1 Å². The molecule has 0 bridgehead atoms. The molecule has 0 unspecified atom stereocenters. The molecule has 1 amide bonds. The number of nitrogens with one attached hydrogen (secondary N) is 1. The average Bonchev–Trinajstić information content (AvgIpc) is 3.18. The first-order chi connectivity index (χ1) is 16.6. The molecule has 5 rings (SSSR count). The van der Waals surface area contributed by atoms with E-state index in [0.717, 1.165) is 29.9 Å². The molecule has 4 nitrogen and oxygen atoms in total. The summed E-state index contributed by atoms with van der Waals surface area (Å²) in [4.78, 5) is 14.6. The van der Waals surface area contributed by atoms with E-state index in [-0.39, 0.29) is 11.3 Å². The number of anilines is 3. The predicted molar refractivity (Wildman–Crippen MR) is 140 cm³/mol. The van der Waals surface area contributed by atoms with Crippen LogP contribution in [0.5, 0.6) is 0 Å². The fourth-order valence-electron chi connectivity index (χ4n) is 5.46. The van der Waals surface area contributed by atoms with E-state index in [1.165, 1.54) is 22.3 Å². The Hall–Kier alpha value is -3.89. The maximum Gasteiger partial charge on any atom is 0.265 e. The number of hydrogen-bond acceptors (Lipinski definition) is 3. The van der Waals surface area contributed by atoms with Crippen LogP contribution in [0.15, 0.2) is 97.1 Å². The maximum absolute atomic E-state index is 12.3. The molecular formula is C30H29N3O. The Labute approximate surface area is 201 Å². The first-order valence-electron chi connectivity index (χ1n) is 11.8. The quantitative estimate of drug-likeness (QED) is 0.193. The minimum absolute atomic E-state index is 0.162. The molecule has 0 spiro atoms. The van der Waals surface area contributed by atoms with Gasteiger partial charge >= 0.3 is 0 Å². The number of hydrazine groups is 1. The minimum Gasteiger partial charge on any atom is -0.310 e. The van der Waals surface area contributed by atoms with Gasteiger partial charge < -0.3 is 4.90 Å². The van der Waals surface area contributed by atoms with Crippen molar-refractivity contribution < 1.29 is 4.79 Å². The van der Waals surface area contributed by atoms with E-state index < -0.39 is 0 Å². The van der Waals surface area contributed by atoms with Crippen LogP contribution in [0, 0.1) is 0 Å². The maximum atomic E-state index is 12.3. The van der Waals surface area contributed by atoms with Crippen LogP contribution in [0.3, 0.4) is 0 Å². The second-order valence-corrected chi connectivity index (χ2v) is 8.76. The molecular weight excluding hydrogens is 418 g/mol. The number of hydrogen-bond donors (Lipinski definition) is 2. The van der Waals surface area contributed by atoms with E-state index in [2.05, 4.69) is 97.0 Å². The lowest BCUT2D eigenvalue weighted by Crippen LogP contribution is -2.30. The van der Waals surface area contributed by atoms with Crippen LogP contribution < -0.4 is 16.2 Å². The number of carbonyl (C=O) groups is 1. The number of carbonyl (C=O) groups excluding carboxylic acids is 1. The Kier molecular flexibility index (Phi) is 5.68. The molecule has 0 radical (unpaired) electrons. The molecule has 34 heavy (non-hydrogen) atoms. The standard InChI is InChI=1S/C30H29N3O/c1-3-30(4-2)27-19-21(29(34)32-31)15-17-25(27)26-18-16-24(20-28(26)30)33(22-11-7-5-8-12-22)23-13-9-6-10-14-23/h5-20H,3-4,31H2,1-2H3,(H,32,34). The Bertz CT molecular complexity index is 1290. The fraction of sp³-hybridized carbons (Fsp3) is 0.167. The first kappa shape index (κ1) is 21.9. The Balaban J connectivity index is 1.70. The van der Waals surface area contributed by atoms with Crippen LogP contribution >= 0.6 is 0 Å². The van der Waals surface area contributed by atoms with Crippen molar-refractivity contribution in [1.82, 2.24) is 5.43 Å². The highest BCUT2D eigenvalue weighted by atomic mass is 16.2. The van der Waals surface area contributed by atoms with Gasteiger partial charge in [-0.05, 0) is 83.6 Å². The van der Waals surface area contributed by atoms with E-state index >= 15 is 0 Å². The van der Waals surface area contributed by atoms with E-state index in [1.54, 1.807) is 0 Å². The van der Waals surface area contributed by atoms with Crippen LogP contribution in [0.25, 0.3) is 11.1 Å². The highest BCUT2D eigenvalue weighted by molar-refractivity contribution is 5.96. The second-order valence-electron chi connectivity index (χ2n) is 8.76. The lowest BCUT2D eigenvalue weighted by molar-refractivity contribution is 0.0953. The molecule has 0 saturated carbocycles. The van der Waals surface area contributed by atoms with E-state index in [4.69, 9.17) is 5.84 Å². The zero-order chi connectivity index (χ0) is 23.7. The third-order valence-corrected chi connectivity index (χ3v) is 7.23. The molecule has 4 heteroatoms. The van der Waals surface area contributed by atoms with Crippen molar-refractivity contribution in [1.29, 1.82) is 0 Å². The van der Waals surface area contributed by atoms with Crippen molar-refractivity contribution in [2.24, 2.45) is 5.84 Å². The number of rotatable bonds is 6. The summed E-state index contributed by atoms with van der Waals surface area (Å²) in [5, 5.41) is 0. The first-order valence-corrected chi connectivity index (χ1v) is 11.8. The molecule has 0 fully saturated rings. The van der Waals surface area contributed by atoms with Crippen LogP contribution in [-0.4, -0.2) is 5.91 Å². The van der Waals surface area contributed by atoms with Gasteiger partial charge in [0.25, 0.3) is 5.91 Å². The Morgan fingerprint density at radius 2 is 1.26 bits per heavy atom. The summed E-state index contributed by atoms with van der Waals surface area (Å²) in [5.41, 5.74) is 11.0. The van der Waals surface area contributed by atoms with Gasteiger partial charge in [-0.3, -0.25) is 10.2 Å². The SMILES string of the molecule is CCC1(CC)c2cc(C(=O)NN)ccc2-c2ccc(N(c3ccccc3)c3ccccc3)cc21. The molecule has 0 heterocycles. The monoisotopic (exact) mass is 447 g/mol. The molecule has 4 aromatic rings. The van der Waals surface area contributed by atoms with Crippen LogP contribution in [-0.2, 0) is 5.41 Å². The fourth-order valence-corrected chi connectivity index (χ4v) is 5.46. The third kappa shape index (κ3) is 3.39. The van der Waals surface area contributed by atoms with Crippen LogP contribution in [0.1, 0.15) is 48.2 Å². The van der Waals surface area contributed by atoms with Gasteiger partial charge in [-0.25, -0.2) is 5.84 Å². The summed E-state index contributed by atoms with van der Waals surface area (Å²) in [7, 11) is 0. The summed E-state index contributed by atoms with van der Waals surface area (Å²) >= 11 is 0. The summed E-state index contributed by atoms with van der Waals surface area (Å²) in [6, 6.07) is 33.6. The lowest BCUT2D eigenvalue weighted by Gasteiger charge is -2.32. The summed E-state index contributed by atoms with van der Waals surface area (Å²) in [5.74, 6) is 5.16. The zero-order valence-electron chi connectivity index (χ0n) is 19.6. The van der Waals surface area contributed by atoms with Gasteiger partial charge in [0.05, 0.1) is 0 Å². The predicted octanol–water partition coefficient (Wildman–Crippen LogP) is 6.85. The number of nitrogens with two attached hydrogens (primary N) is 1. The third-order valence-electron chi connectivity index (χ3n) is 7.23. The number of nitrogen functional groups attached to an aromatic ring is 1. The second kappa shape index (κ2) is 8.81. The normalized spacial score (nSPS) is 13.1. The Morgan fingerprint density at radius 1 is 0.735 bits per heavy atom. The molecule has 4 aromatic carbocycles. The van der Waals surface area contributed by atoms with Crippen molar-refractivity contribution in [2.45, 2.75) is 32.1 Å². The molecule has 1 aliphatic rings. The topological polar surface area (TPSA) is 58.4 Å². The molecule has 3 N–H and O–H groups in total.